The van der Waals surface area contributed by atoms with Crippen LogP contribution in [0.25, 0.3) is 0 Å². The first-order valence-corrected chi connectivity index (χ1v) is 11.3. The van der Waals surface area contributed by atoms with Gasteiger partial charge < -0.3 is 4.74 Å². The molecule has 1 unspecified atom stereocenters. The van der Waals surface area contributed by atoms with Crippen LogP contribution in [0.2, 0.25) is 5.02 Å². The molecule has 0 amide bonds. The van der Waals surface area contributed by atoms with Crippen LogP contribution in [0.1, 0.15) is 74.6 Å². The van der Waals surface area contributed by atoms with Crippen LogP contribution in [0.15, 0.2) is 42.6 Å². The summed E-state index contributed by atoms with van der Waals surface area (Å²) in [4.78, 5) is 4.82. The molecule has 1 atom stereocenters. The van der Waals surface area contributed by atoms with Crippen LogP contribution in [-0.2, 0) is 16.6 Å². The number of pyridine rings is 1. The quantitative estimate of drug-likeness (QED) is 0.499. The van der Waals surface area contributed by atoms with E-state index in [0.717, 1.165) is 30.9 Å². The van der Waals surface area contributed by atoms with Crippen molar-refractivity contribution < 1.29 is 4.74 Å². The van der Waals surface area contributed by atoms with E-state index in [-0.39, 0.29) is 11.0 Å². The van der Waals surface area contributed by atoms with Crippen LogP contribution in [0.4, 0.5) is 0 Å². The highest BCUT2D eigenvalue weighted by atomic mass is 35.5. The molecule has 1 saturated heterocycles. The summed E-state index contributed by atoms with van der Waals surface area (Å²) in [6.45, 7) is 3.01. The highest BCUT2D eigenvalue weighted by Gasteiger charge is 2.48. The maximum atomic E-state index is 6.37. The second-order valence-electron chi connectivity index (χ2n) is 8.89. The molecule has 0 bridgehead atoms. The first-order chi connectivity index (χ1) is 13.6. The predicted octanol–water partition coefficient (Wildman–Crippen LogP) is 6.82. The van der Waals surface area contributed by atoms with Gasteiger partial charge in [0, 0.05) is 28.9 Å². The van der Waals surface area contributed by atoms with E-state index in [1.807, 2.05) is 18.3 Å². The van der Waals surface area contributed by atoms with Gasteiger partial charge in [0.15, 0.2) is 0 Å². The van der Waals surface area contributed by atoms with Crippen molar-refractivity contribution in [3.63, 3.8) is 0 Å². The number of benzene rings is 1. The fourth-order valence-electron chi connectivity index (χ4n) is 5.50. The molecule has 4 rings (SSSR count). The van der Waals surface area contributed by atoms with Crippen molar-refractivity contribution in [3.05, 3.63) is 64.4 Å². The van der Waals surface area contributed by atoms with Crippen molar-refractivity contribution >= 4 is 11.6 Å². The molecule has 1 aromatic heterocycles. The number of halogens is 1. The standard InChI is InChI=1S/C25H32ClNO/c1-20-21(10-8-11-22(20)26)9-2-4-13-24(23-12-3-7-17-27-23)16-18-28-25(19-24)14-5-6-15-25/h3,7-8,10-12,17H,2,4-6,9,13-16,18-19H2,1H3. The van der Waals surface area contributed by atoms with Crippen LogP contribution >= 0.6 is 11.6 Å². The molecule has 1 saturated carbocycles. The molecule has 1 spiro atoms. The van der Waals surface area contributed by atoms with Crippen molar-refractivity contribution in [1.82, 2.24) is 4.98 Å². The number of aryl methyl sites for hydroxylation is 1. The Hall–Kier alpha value is -1.38. The topological polar surface area (TPSA) is 22.1 Å². The summed E-state index contributed by atoms with van der Waals surface area (Å²) in [5.41, 5.74) is 4.19. The van der Waals surface area contributed by atoms with Gasteiger partial charge in [0.2, 0.25) is 0 Å². The van der Waals surface area contributed by atoms with Gasteiger partial charge in [0.1, 0.15) is 0 Å². The van der Waals surface area contributed by atoms with Crippen molar-refractivity contribution in [1.29, 1.82) is 0 Å². The summed E-state index contributed by atoms with van der Waals surface area (Å²) in [6.07, 6.45) is 14.0. The minimum absolute atomic E-state index is 0.110. The lowest BCUT2D eigenvalue weighted by atomic mass is 9.67. The lowest BCUT2D eigenvalue weighted by Gasteiger charge is -2.46. The first kappa shape index (κ1) is 19.9. The smallest absolute Gasteiger partial charge is 0.0691 e. The second kappa shape index (κ2) is 8.55. The molecule has 0 radical (unpaired) electrons. The minimum Gasteiger partial charge on any atom is -0.375 e. The number of nitrogens with zero attached hydrogens (tertiary/aromatic N) is 1. The monoisotopic (exact) mass is 397 g/mol. The van der Waals surface area contributed by atoms with Crippen molar-refractivity contribution in [2.75, 3.05) is 6.61 Å². The summed E-state index contributed by atoms with van der Waals surface area (Å²) >= 11 is 6.30. The Morgan fingerprint density at radius 1 is 1.04 bits per heavy atom. The van der Waals surface area contributed by atoms with Crippen LogP contribution in [0.5, 0.6) is 0 Å². The Balaban J connectivity index is 1.46. The molecule has 1 aliphatic carbocycles. The fourth-order valence-corrected chi connectivity index (χ4v) is 5.69. The molecule has 2 aliphatic rings. The molecule has 1 aromatic carbocycles. The predicted molar refractivity (Wildman–Crippen MR) is 116 cm³/mol. The summed E-state index contributed by atoms with van der Waals surface area (Å²) in [5.74, 6) is 0. The van der Waals surface area contributed by atoms with Crippen LogP contribution in [0, 0.1) is 6.92 Å². The molecule has 2 heterocycles. The molecule has 3 heteroatoms. The van der Waals surface area contributed by atoms with Gasteiger partial charge >= 0.3 is 0 Å². The zero-order chi connectivity index (χ0) is 19.5. The van der Waals surface area contributed by atoms with Crippen LogP contribution in [-0.4, -0.2) is 17.2 Å². The largest absolute Gasteiger partial charge is 0.375 e. The van der Waals surface area contributed by atoms with Gasteiger partial charge in [-0.3, -0.25) is 4.98 Å². The van der Waals surface area contributed by atoms with Gasteiger partial charge in [-0.2, -0.15) is 0 Å². The highest BCUT2D eigenvalue weighted by Crippen LogP contribution is 2.50. The van der Waals surface area contributed by atoms with Gasteiger partial charge in [-0.25, -0.2) is 0 Å². The van der Waals surface area contributed by atoms with Gasteiger partial charge in [-0.15, -0.1) is 0 Å². The van der Waals surface area contributed by atoms with Crippen LogP contribution < -0.4 is 0 Å². The van der Waals surface area contributed by atoms with E-state index in [0.29, 0.717) is 0 Å². The molecule has 0 N–H and O–H groups in total. The number of unbranched alkanes of at least 4 members (excludes halogenated alkanes) is 1. The third-order valence-corrected chi connectivity index (χ3v) is 7.51. The number of rotatable bonds is 6. The third kappa shape index (κ3) is 4.14. The van der Waals surface area contributed by atoms with E-state index in [1.165, 1.54) is 61.8 Å². The molecule has 2 fully saturated rings. The summed E-state index contributed by atoms with van der Waals surface area (Å²) < 4.78 is 6.37. The van der Waals surface area contributed by atoms with Crippen molar-refractivity contribution in [2.45, 2.75) is 82.1 Å². The van der Waals surface area contributed by atoms with Crippen molar-refractivity contribution in [3.8, 4) is 0 Å². The lowest BCUT2D eigenvalue weighted by Crippen LogP contribution is -2.46. The zero-order valence-electron chi connectivity index (χ0n) is 17.1. The number of ether oxygens (including phenoxy) is 1. The highest BCUT2D eigenvalue weighted by molar-refractivity contribution is 6.31. The molecule has 150 valence electrons. The average Bonchev–Trinajstić information content (AvgIpc) is 3.16. The third-order valence-electron chi connectivity index (χ3n) is 7.10. The Bertz CT molecular complexity index is 784. The maximum absolute atomic E-state index is 6.37. The Morgan fingerprint density at radius 3 is 2.68 bits per heavy atom. The van der Waals surface area contributed by atoms with Gasteiger partial charge in [0.25, 0.3) is 0 Å². The van der Waals surface area contributed by atoms with Crippen LogP contribution in [0.3, 0.4) is 0 Å². The number of hydrogen-bond acceptors (Lipinski definition) is 2. The van der Waals surface area contributed by atoms with E-state index in [4.69, 9.17) is 21.3 Å². The summed E-state index contributed by atoms with van der Waals surface area (Å²) in [5, 5.41) is 0.884. The number of aromatic nitrogens is 1. The van der Waals surface area contributed by atoms with E-state index < -0.39 is 0 Å². The normalized spacial score (nSPS) is 23.9. The van der Waals surface area contributed by atoms with Gasteiger partial charge in [-0.1, -0.05) is 49.1 Å². The SMILES string of the molecule is Cc1c(Cl)cccc1CCCCC1(c2ccccn2)CCOC2(CCCC2)C1. The maximum Gasteiger partial charge on any atom is 0.0691 e. The molecule has 28 heavy (non-hydrogen) atoms. The summed E-state index contributed by atoms with van der Waals surface area (Å²) in [7, 11) is 0. The van der Waals surface area contributed by atoms with E-state index in [2.05, 4.69) is 31.2 Å². The molecule has 1 aliphatic heterocycles. The molecule has 2 nitrogen and oxygen atoms in total. The Morgan fingerprint density at radius 2 is 1.89 bits per heavy atom. The number of hydrogen-bond donors (Lipinski definition) is 0. The van der Waals surface area contributed by atoms with Gasteiger partial charge in [0.05, 0.1) is 5.60 Å². The molecular weight excluding hydrogens is 366 g/mol. The van der Waals surface area contributed by atoms with Crippen molar-refractivity contribution in [2.24, 2.45) is 0 Å². The second-order valence-corrected chi connectivity index (χ2v) is 9.30. The van der Waals surface area contributed by atoms with E-state index >= 15 is 0 Å². The fraction of sp³-hybridized carbons (Fsp3) is 0.560. The summed E-state index contributed by atoms with van der Waals surface area (Å²) in [6, 6.07) is 12.7. The van der Waals surface area contributed by atoms with Gasteiger partial charge in [-0.05, 0) is 81.2 Å². The zero-order valence-corrected chi connectivity index (χ0v) is 17.8. The minimum atomic E-state index is 0.110. The lowest BCUT2D eigenvalue weighted by molar-refractivity contribution is -0.104. The first-order valence-electron chi connectivity index (χ1n) is 10.9. The molecule has 2 aromatic rings. The van der Waals surface area contributed by atoms with E-state index in [1.54, 1.807) is 0 Å². The van der Waals surface area contributed by atoms with E-state index in [9.17, 15) is 0 Å². The Labute approximate surface area is 174 Å². The average molecular weight is 398 g/mol. The Kier molecular flexibility index (Phi) is 6.08. The molecular formula is C25H32ClNO.